The second kappa shape index (κ2) is 6.41. The van der Waals surface area contributed by atoms with Gasteiger partial charge in [0.15, 0.2) is 11.5 Å². The van der Waals surface area contributed by atoms with E-state index in [1.807, 2.05) is 19.2 Å². The van der Waals surface area contributed by atoms with Crippen molar-refractivity contribution >= 4 is 27.3 Å². The molecule has 2 aromatic rings. The Labute approximate surface area is 125 Å². The van der Waals surface area contributed by atoms with Gasteiger partial charge in [-0.3, -0.25) is 0 Å². The molecule has 1 atom stereocenters. The molecule has 1 unspecified atom stereocenters. The molecule has 0 amide bonds. The molecule has 3 nitrogen and oxygen atoms in total. The molecule has 0 aliphatic heterocycles. The number of halogens is 1. The fourth-order valence-electron chi connectivity index (χ4n) is 1.99. The van der Waals surface area contributed by atoms with Gasteiger partial charge in [0.1, 0.15) is 0 Å². The van der Waals surface area contributed by atoms with Gasteiger partial charge in [-0.1, -0.05) is 6.07 Å². The number of thiophene rings is 1. The largest absolute Gasteiger partial charge is 0.493 e. The minimum atomic E-state index is 0.149. The minimum absolute atomic E-state index is 0.149. The maximum atomic E-state index is 5.35. The summed E-state index contributed by atoms with van der Waals surface area (Å²) in [5, 5.41) is 5.41. The Kier molecular flexibility index (Phi) is 4.85. The van der Waals surface area contributed by atoms with E-state index in [0.29, 0.717) is 0 Å². The molecule has 2 rings (SSSR count). The molecule has 0 aliphatic carbocycles. The van der Waals surface area contributed by atoms with Gasteiger partial charge >= 0.3 is 0 Å². The fraction of sp³-hybridized carbons (Fsp3) is 0.286. The van der Waals surface area contributed by atoms with Crippen LogP contribution in [-0.4, -0.2) is 21.3 Å². The highest BCUT2D eigenvalue weighted by Gasteiger charge is 2.16. The van der Waals surface area contributed by atoms with E-state index in [0.717, 1.165) is 21.5 Å². The molecule has 0 radical (unpaired) electrons. The maximum Gasteiger partial charge on any atom is 0.161 e. The van der Waals surface area contributed by atoms with E-state index < -0.39 is 0 Å². The summed E-state index contributed by atoms with van der Waals surface area (Å²) in [4.78, 5) is 1.25. The van der Waals surface area contributed by atoms with Gasteiger partial charge in [0.05, 0.1) is 20.3 Å². The molecule has 0 aliphatic rings. The predicted molar refractivity (Wildman–Crippen MR) is 82.5 cm³/mol. The van der Waals surface area contributed by atoms with E-state index in [4.69, 9.17) is 9.47 Å². The first-order chi connectivity index (χ1) is 9.19. The average molecular weight is 342 g/mol. The van der Waals surface area contributed by atoms with E-state index in [1.165, 1.54) is 4.88 Å². The zero-order valence-corrected chi connectivity index (χ0v) is 13.5. The van der Waals surface area contributed by atoms with E-state index >= 15 is 0 Å². The van der Waals surface area contributed by atoms with E-state index in [2.05, 4.69) is 38.8 Å². The van der Waals surface area contributed by atoms with Gasteiger partial charge in [0.2, 0.25) is 0 Å². The lowest BCUT2D eigenvalue weighted by Gasteiger charge is -2.17. The predicted octanol–water partition coefficient (Wildman–Crippen LogP) is 3.84. The quantitative estimate of drug-likeness (QED) is 0.896. The SMILES string of the molecule is CNC(c1ccc(OC)c(OC)c1)c1cc(Br)cs1. The van der Waals surface area contributed by atoms with Gasteiger partial charge in [-0.2, -0.15) is 0 Å². The molecule has 102 valence electrons. The molecular weight excluding hydrogens is 326 g/mol. The van der Waals surface area contributed by atoms with E-state index in [-0.39, 0.29) is 6.04 Å². The van der Waals surface area contributed by atoms with Crippen molar-refractivity contribution in [3.63, 3.8) is 0 Å². The highest BCUT2D eigenvalue weighted by molar-refractivity contribution is 9.10. The lowest BCUT2D eigenvalue weighted by molar-refractivity contribution is 0.354. The van der Waals surface area contributed by atoms with Crippen molar-refractivity contribution in [1.29, 1.82) is 0 Å². The normalized spacial score (nSPS) is 12.2. The zero-order chi connectivity index (χ0) is 13.8. The van der Waals surface area contributed by atoms with Gasteiger partial charge in [0.25, 0.3) is 0 Å². The van der Waals surface area contributed by atoms with Crippen LogP contribution in [0.4, 0.5) is 0 Å². The van der Waals surface area contributed by atoms with Gasteiger partial charge in [0, 0.05) is 14.7 Å². The Bertz CT molecular complexity index is 556. The first kappa shape index (κ1) is 14.4. The smallest absolute Gasteiger partial charge is 0.161 e. The second-order valence-corrected chi connectivity index (χ2v) is 5.86. The summed E-state index contributed by atoms with van der Waals surface area (Å²) in [5.41, 5.74) is 1.15. The summed E-state index contributed by atoms with van der Waals surface area (Å²) in [6.45, 7) is 0. The van der Waals surface area contributed by atoms with Crippen LogP contribution in [0.1, 0.15) is 16.5 Å². The third kappa shape index (κ3) is 3.11. The number of nitrogens with one attached hydrogen (secondary N) is 1. The topological polar surface area (TPSA) is 30.5 Å². The molecule has 5 heteroatoms. The van der Waals surface area contributed by atoms with Crippen LogP contribution in [0.15, 0.2) is 34.1 Å². The van der Waals surface area contributed by atoms with Crippen molar-refractivity contribution in [2.24, 2.45) is 0 Å². The standard InChI is InChI=1S/C14H16BrNO2S/c1-16-14(13-7-10(15)8-19-13)9-4-5-11(17-2)12(6-9)18-3/h4-8,14,16H,1-3H3. The third-order valence-electron chi connectivity index (χ3n) is 2.90. The number of methoxy groups -OCH3 is 2. The van der Waals surface area contributed by atoms with Crippen LogP contribution in [0.25, 0.3) is 0 Å². The van der Waals surface area contributed by atoms with Crippen molar-refractivity contribution in [2.45, 2.75) is 6.04 Å². The Morgan fingerprint density at radius 3 is 2.42 bits per heavy atom. The third-order valence-corrected chi connectivity index (χ3v) is 4.66. The van der Waals surface area contributed by atoms with Crippen LogP contribution in [0.2, 0.25) is 0 Å². The highest BCUT2D eigenvalue weighted by atomic mass is 79.9. The molecule has 1 N–H and O–H groups in total. The van der Waals surface area contributed by atoms with Gasteiger partial charge in [-0.05, 0) is 46.7 Å². The van der Waals surface area contributed by atoms with Crippen LogP contribution in [0.5, 0.6) is 11.5 Å². The summed E-state index contributed by atoms with van der Waals surface area (Å²) >= 11 is 5.21. The number of rotatable bonds is 5. The minimum Gasteiger partial charge on any atom is -0.493 e. The van der Waals surface area contributed by atoms with Crippen LogP contribution in [0.3, 0.4) is 0 Å². The Hall–Kier alpha value is -1.04. The molecule has 0 saturated heterocycles. The Morgan fingerprint density at radius 1 is 1.16 bits per heavy atom. The monoisotopic (exact) mass is 341 g/mol. The first-order valence-electron chi connectivity index (χ1n) is 5.82. The van der Waals surface area contributed by atoms with E-state index in [1.54, 1.807) is 25.6 Å². The maximum absolute atomic E-state index is 5.35. The second-order valence-electron chi connectivity index (χ2n) is 4.00. The number of hydrogen-bond acceptors (Lipinski definition) is 4. The van der Waals surface area contributed by atoms with Gasteiger partial charge in [-0.15, -0.1) is 11.3 Å². The summed E-state index contributed by atoms with van der Waals surface area (Å²) < 4.78 is 11.7. The molecule has 1 heterocycles. The summed E-state index contributed by atoms with van der Waals surface area (Å²) in [5.74, 6) is 1.49. The van der Waals surface area contributed by atoms with Crippen molar-refractivity contribution in [3.05, 3.63) is 44.6 Å². The highest BCUT2D eigenvalue weighted by Crippen LogP contribution is 2.34. The van der Waals surface area contributed by atoms with E-state index in [9.17, 15) is 0 Å². The number of ether oxygens (including phenoxy) is 2. The van der Waals surface area contributed by atoms with Crippen molar-refractivity contribution < 1.29 is 9.47 Å². The lowest BCUT2D eigenvalue weighted by atomic mass is 10.0. The molecule has 0 bridgehead atoms. The molecule has 0 fully saturated rings. The summed E-state index contributed by atoms with van der Waals surface area (Å²) in [6, 6.07) is 8.27. The molecule has 1 aromatic heterocycles. The first-order valence-corrected chi connectivity index (χ1v) is 7.50. The van der Waals surface area contributed by atoms with Crippen LogP contribution >= 0.6 is 27.3 Å². The van der Waals surface area contributed by atoms with Crippen molar-refractivity contribution in [1.82, 2.24) is 5.32 Å². The molecule has 19 heavy (non-hydrogen) atoms. The molecule has 0 spiro atoms. The Balaban J connectivity index is 2.38. The molecular formula is C14H16BrNO2S. The van der Waals surface area contributed by atoms with Gasteiger partial charge in [-0.25, -0.2) is 0 Å². The average Bonchev–Trinajstić information content (AvgIpc) is 2.86. The summed E-state index contributed by atoms with van der Waals surface area (Å²) in [7, 11) is 5.25. The number of hydrogen-bond donors (Lipinski definition) is 1. The van der Waals surface area contributed by atoms with Gasteiger partial charge < -0.3 is 14.8 Å². The number of benzene rings is 1. The summed E-state index contributed by atoms with van der Waals surface area (Å²) in [6.07, 6.45) is 0. The zero-order valence-electron chi connectivity index (χ0n) is 11.1. The Morgan fingerprint density at radius 2 is 1.89 bits per heavy atom. The molecule has 0 saturated carbocycles. The molecule has 1 aromatic carbocycles. The van der Waals surface area contributed by atoms with Crippen LogP contribution in [-0.2, 0) is 0 Å². The van der Waals surface area contributed by atoms with Crippen molar-refractivity contribution in [2.75, 3.05) is 21.3 Å². The lowest BCUT2D eigenvalue weighted by Crippen LogP contribution is -2.16. The van der Waals surface area contributed by atoms with Crippen molar-refractivity contribution in [3.8, 4) is 11.5 Å². The fourth-order valence-corrected chi connectivity index (χ4v) is 3.57. The van der Waals surface area contributed by atoms with Crippen LogP contribution < -0.4 is 14.8 Å². The van der Waals surface area contributed by atoms with Crippen LogP contribution in [0, 0.1) is 0 Å².